The van der Waals surface area contributed by atoms with Gasteiger partial charge in [0.15, 0.2) is 0 Å². The highest BCUT2D eigenvalue weighted by Crippen LogP contribution is 2.49. The lowest BCUT2D eigenvalue weighted by molar-refractivity contribution is -0.123. The predicted molar refractivity (Wildman–Crippen MR) is 59.3 cm³/mol. The fourth-order valence-electron chi connectivity index (χ4n) is 3.70. The third kappa shape index (κ3) is 1.79. The monoisotopic (exact) mass is 207 g/mol. The normalized spacial score (nSPS) is 40.5. The molecule has 0 saturated heterocycles. The summed E-state index contributed by atoms with van der Waals surface area (Å²) in [7, 11) is 0. The average Bonchev–Trinajstić information content (AvgIpc) is 2.87. The fraction of sp³-hybridized carbons (Fsp3) is 0.923. The highest BCUT2D eigenvalue weighted by atomic mass is 16.2. The number of nitrogens with one attached hydrogen (secondary N) is 1. The molecule has 3 aliphatic rings. The minimum Gasteiger partial charge on any atom is -0.353 e. The summed E-state index contributed by atoms with van der Waals surface area (Å²) in [4.78, 5) is 11.7. The zero-order valence-corrected chi connectivity index (χ0v) is 9.54. The van der Waals surface area contributed by atoms with Crippen LogP contribution in [0, 0.1) is 23.7 Å². The first-order valence-corrected chi connectivity index (χ1v) is 6.54. The van der Waals surface area contributed by atoms with E-state index in [2.05, 4.69) is 12.2 Å². The minimum absolute atomic E-state index is 0.324. The maximum absolute atomic E-state index is 11.7. The molecule has 15 heavy (non-hydrogen) atoms. The van der Waals surface area contributed by atoms with E-state index in [1.807, 2.05) is 0 Å². The van der Waals surface area contributed by atoms with Gasteiger partial charge in [0.05, 0.1) is 0 Å². The molecule has 0 spiro atoms. The summed E-state index contributed by atoms with van der Waals surface area (Å²) >= 11 is 0. The molecule has 0 aromatic heterocycles. The van der Waals surface area contributed by atoms with Crippen molar-refractivity contribution in [1.82, 2.24) is 5.32 Å². The topological polar surface area (TPSA) is 29.1 Å². The zero-order valence-electron chi connectivity index (χ0n) is 9.54. The van der Waals surface area contributed by atoms with Gasteiger partial charge in [0.1, 0.15) is 0 Å². The summed E-state index contributed by atoms with van der Waals surface area (Å²) < 4.78 is 0. The summed E-state index contributed by atoms with van der Waals surface area (Å²) in [6.07, 6.45) is 7.92. The molecule has 0 aliphatic heterocycles. The van der Waals surface area contributed by atoms with Crippen molar-refractivity contribution < 1.29 is 4.79 Å². The Balaban J connectivity index is 1.55. The predicted octanol–water partition coefficient (Wildman–Crippen LogP) is 2.34. The molecule has 0 heterocycles. The molecule has 2 heteroatoms. The average molecular weight is 207 g/mol. The van der Waals surface area contributed by atoms with Crippen LogP contribution in [0.4, 0.5) is 0 Å². The van der Waals surface area contributed by atoms with E-state index in [1.165, 1.54) is 25.7 Å². The first-order chi connectivity index (χ1) is 7.24. The Labute approximate surface area is 91.8 Å². The van der Waals surface area contributed by atoms with Crippen LogP contribution in [0.3, 0.4) is 0 Å². The fourth-order valence-corrected chi connectivity index (χ4v) is 3.70. The van der Waals surface area contributed by atoms with Gasteiger partial charge in [0, 0.05) is 12.0 Å². The first kappa shape index (κ1) is 9.68. The number of carbonyl (C=O) groups excluding carboxylic acids is 1. The summed E-state index contributed by atoms with van der Waals surface area (Å²) in [6, 6.07) is 0.424. The van der Waals surface area contributed by atoms with Crippen LogP contribution in [-0.2, 0) is 4.79 Å². The number of rotatable bonds is 3. The molecule has 3 saturated carbocycles. The van der Waals surface area contributed by atoms with Gasteiger partial charge in [0.25, 0.3) is 0 Å². The van der Waals surface area contributed by atoms with Gasteiger partial charge in [0.2, 0.25) is 5.91 Å². The summed E-state index contributed by atoms with van der Waals surface area (Å²) in [6.45, 7) is 2.21. The van der Waals surface area contributed by atoms with E-state index in [-0.39, 0.29) is 0 Å². The van der Waals surface area contributed by atoms with Crippen molar-refractivity contribution in [3.63, 3.8) is 0 Å². The van der Waals surface area contributed by atoms with Gasteiger partial charge >= 0.3 is 0 Å². The van der Waals surface area contributed by atoms with Gasteiger partial charge < -0.3 is 5.32 Å². The van der Waals surface area contributed by atoms with E-state index >= 15 is 0 Å². The molecule has 0 unspecified atom stereocenters. The van der Waals surface area contributed by atoms with E-state index in [0.29, 0.717) is 17.9 Å². The molecular formula is C13H21NO. The van der Waals surface area contributed by atoms with Crippen LogP contribution >= 0.6 is 0 Å². The Morgan fingerprint density at radius 2 is 2.00 bits per heavy atom. The number of hydrogen-bond donors (Lipinski definition) is 1. The lowest BCUT2D eigenvalue weighted by Crippen LogP contribution is -2.40. The molecule has 84 valence electrons. The van der Waals surface area contributed by atoms with Crippen molar-refractivity contribution in [2.45, 2.75) is 51.5 Å². The van der Waals surface area contributed by atoms with Crippen molar-refractivity contribution in [3.8, 4) is 0 Å². The zero-order chi connectivity index (χ0) is 10.4. The second-order valence-electron chi connectivity index (χ2n) is 5.91. The van der Waals surface area contributed by atoms with E-state index in [0.717, 1.165) is 30.6 Å². The van der Waals surface area contributed by atoms with Gasteiger partial charge in [-0.05, 0) is 56.8 Å². The van der Waals surface area contributed by atoms with Crippen LogP contribution < -0.4 is 5.32 Å². The number of hydrogen-bond acceptors (Lipinski definition) is 1. The van der Waals surface area contributed by atoms with Crippen molar-refractivity contribution in [1.29, 1.82) is 0 Å². The van der Waals surface area contributed by atoms with Crippen molar-refractivity contribution in [2.24, 2.45) is 23.7 Å². The molecular weight excluding hydrogens is 186 g/mol. The second kappa shape index (κ2) is 3.50. The SMILES string of the molecule is C[C@H](NC(=O)C1CC1)[C@@H]1C[C@H]2CC[C@H]1C2. The van der Waals surface area contributed by atoms with Crippen LogP contribution in [-0.4, -0.2) is 11.9 Å². The number of amides is 1. The summed E-state index contributed by atoms with van der Waals surface area (Å²) in [5.74, 6) is 3.38. The third-order valence-corrected chi connectivity index (χ3v) is 4.75. The largest absolute Gasteiger partial charge is 0.353 e. The molecule has 3 rings (SSSR count). The molecule has 0 aromatic carbocycles. The Kier molecular flexibility index (Phi) is 2.26. The highest BCUT2D eigenvalue weighted by molar-refractivity contribution is 5.81. The number of fused-ring (bicyclic) bond motifs is 2. The van der Waals surface area contributed by atoms with Crippen molar-refractivity contribution in [2.75, 3.05) is 0 Å². The maximum Gasteiger partial charge on any atom is 0.223 e. The molecule has 1 amide bonds. The molecule has 0 radical (unpaired) electrons. The Morgan fingerprint density at radius 3 is 2.53 bits per heavy atom. The second-order valence-corrected chi connectivity index (χ2v) is 5.91. The summed E-state index contributed by atoms with van der Waals surface area (Å²) in [5, 5.41) is 3.23. The Hall–Kier alpha value is -0.530. The molecule has 4 atom stereocenters. The lowest BCUT2D eigenvalue weighted by atomic mass is 9.84. The quantitative estimate of drug-likeness (QED) is 0.756. The van der Waals surface area contributed by atoms with Crippen LogP contribution in [0.2, 0.25) is 0 Å². The van der Waals surface area contributed by atoms with E-state index < -0.39 is 0 Å². The van der Waals surface area contributed by atoms with E-state index in [9.17, 15) is 4.79 Å². The third-order valence-electron chi connectivity index (χ3n) is 4.75. The lowest BCUT2D eigenvalue weighted by Gasteiger charge is -2.28. The first-order valence-electron chi connectivity index (χ1n) is 6.54. The van der Waals surface area contributed by atoms with Gasteiger partial charge in [-0.1, -0.05) is 6.42 Å². The van der Waals surface area contributed by atoms with E-state index in [4.69, 9.17) is 0 Å². The minimum atomic E-state index is 0.324. The van der Waals surface area contributed by atoms with Gasteiger partial charge in [-0.25, -0.2) is 0 Å². The van der Waals surface area contributed by atoms with Crippen LogP contribution in [0.25, 0.3) is 0 Å². The van der Waals surface area contributed by atoms with Crippen molar-refractivity contribution >= 4 is 5.91 Å². The highest BCUT2D eigenvalue weighted by Gasteiger charge is 2.42. The molecule has 2 nitrogen and oxygen atoms in total. The summed E-state index contributed by atoms with van der Waals surface area (Å²) in [5.41, 5.74) is 0. The van der Waals surface area contributed by atoms with Crippen LogP contribution in [0.15, 0.2) is 0 Å². The molecule has 3 fully saturated rings. The smallest absolute Gasteiger partial charge is 0.223 e. The van der Waals surface area contributed by atoms with Crippen LogP contribution in [0.1, 0.15) is 45.4 Å². The van der Waals surface area contributed by atoms with E-state index in [1.54, 1.807) is 0 Å². The Morgan fingerprint density at radius 1 is 1.20 bits per heavy atom. The molecule has 1 N–H and O–H groups in total. The van der Waals surface area contributed by atoms with Crippen molar-refractivity contribution in [3.05, 3.63) is 0 Å². The van der Waals surface area contributed by atoms with Gasteiger partial charge in [-0.2, -0.15) is 0 Å². The maximum atomic E-state index is 11.7. The standard InChI is InChI=1S/C13H21NO/c1-8(14-13(15)10-4-5-10)12-7-9-2-3-11(12)6-9/h8-12H,2-7H2,1H3,(H,14,15)/t8-,9-,11-,12-/m0/s1. The van der Waals surface area contributed by atoms with Gasteiger partial charge in [-0.15, -0.1) is 0 Å². The number of carbonyl (C=O) groups is 1. The molecule has 2 bridgehead atoms. The van der Waals surface area contributed by atoms with Crippen LogP contribution in [0.5, 0.6) is 0 Å². The molecule has 0 aromatic rings. The van der Waals surface area contributed by atoms with Gasteiger partial charge in [-0.3, -0.25) is 4.79 Å². The Bertz CT molecular complexity index is 272. The molecule has 3 aliphatic carbocycles.